The Morgan fingerprint density at radius 1 is 1.04 bits per heavy atom. The summed E-state index contributed by atoms with van der Waals surface area (Å²) in [5.41, 5.74) is 3.90. The number of hydrogen-bond acceptors (Lipinski definition) is 5. The Labute approximate surface area is 169 Å². The maximum atomic E-state index is 12.5. The molecule has 0 aliphatic carbocycles. The minimum absolute atomic E-state index is 0.267. The van der Waals surface area contributed by atoms with Crippen LogP contribution in [0.1, 0.15) is 52.7 Å². The number of carbonyl (C=O) groups is 3. The van der Waals surface area contributed by atoms with Gasteiger partial charge in [-0.3, -0.25) is 9.59 Å². The van der Waals surface area contributed by atoms with Gasteiger partial charge in [-0.05, 0) is 43.4 Å². The lowest BCUT2D eigenvalue weighted by Gasteiger charge is -2.14. The molecule has 0 aliphatic rings. The van der Waals surface area contributed by atoms with Crippen LogP contribution in [0.3, 0.4) is 0 Å². The van der Waals surface area contributed by atoms with E-state index in [1.54, 1.807) is 6.92 Å². The average Bonchev–Trinajstić information content (AvgIpc) is 2.92. The van der Waals surface area contributed by atoms with Crippen LogP contribution < -0.4 is 10.6 Å². The molecule has 0 bridgehead atoms. The van der Waals surface area contributed by atoms with Crippen LogP contribution in [0.5, 0.6) is 0 Å². The Kier molecular flexibility index (Phi) is 7.34. The second kappa shape index (κ2) is 9.50. The number of benzene rings is 1. The van der Waals surface area contributed by atoms with Gasteiger partial charge in [-0.1, -0.05) is 32.0 Å². The number of para-hydroxylation sites is 1. The molecule has 6 nitrogen and oxygen atoms in total. The average molecular weight is 403 g/mol. The zero-order valence-electron chi connectivity index (χ0n) is 16.9. The Morgan fingerprint density at radius 2 is 1.64 bits per heavy atom. The number of carbonyl (C=O) groups excluding carboxylic acids is 3. The molecule has 1 aromatic heterocycles. The molecule has 2 aromatic rings. The molecule has 0 saturated heterocycles. The molecule has 0 aliphatic heterocycles. The van der Waals surface area contributed by atoms with Gasteiger partial charge >= 0.3 is 5.97 Å². The smallest absolute Gasteiger partial charge is 0.341 e. The molecule has 0 radical (unpaired) electrons. The third-order valence-electron chi connectivity index (χ3n) is 4.48. The minimum atomic E-state index is -0.625. The number of nitrogens with one attached hydrogen (secondary N) is 2. The molecule has 1 heterocycles. The molecule has 7 heteroatoms. The highest BCUT2D eigenvalue weighted by Gasteiger charge is 2.22. The van der Waals surface area contributed by atoms with E-state index in [0.29, 0.717) is 10.6 Å². The van der Waals surface area contributed by atoms with Gasteiger partial charge in [0.25, 0.3) is 5.91 Å². The predicted octanol–water partition coefficient (Wildman–Crippen LogP) is 4.24. The topological polar surface area (TPSA) is 84.5 Å². The van der Waals surface area contributed by atoms with Crippen molar-refractivity contribution in [3.63, 3.8) is 0 Å². The summed E-state index contributed by atoms with van der Waals surface area (Å²) >= 11 is 1.31. The summed E-state index contributed by atoms with van der Waals surface area (Å²) in [5.74, 6) is -1.29. The van der Waals surface area contributed by atoms with E-state index in [-0.39, 0.29) is 5.91 Å². The first kappa shape index (κ1) is 21.6. The number of esters is 1. The summed E-state index contributed by atoms with van der Waals surface area (Å²) in [6.07, 6.45) is 1.58. The quantitative estimate of drug-likeness (QED) is 0.678. The zero-order chi connectivity index (χ0) is 20.8. The molecule has 1 aromatic carbocycles. The second-order valence-electron chi connectivity index (χ2n) is 6.45. The van der Waals surface area contributed by atoms with E-state index >= 15 is 0 Å². The number of amides is 2. The number of thiophene rings is 1. The Hall–Kier alpha value is -2.67. The minimum Gasteiger partial charge on any atom is -0.452 e. The van der Waals surface area contributed by atoms with E-state index in [1.807, 2.05) is 39.0 Å². The van der Waals surface area contributed by atoms with Crippen molar-refractivity contribution in [2.75, 3.05) is 17.2 Å². The first-order valence-corrected chi connectivity index (χ1v) is 10.0. The van der Waals surface area contributed by atoms with E-state index in [9.17, 15) is 14.4 Å². The van der Waals surface area contributed by atoms with E-state index < -0.39 is 18.5 Å². The van der Waals surface area contributed by atoms with Gasteiger partial charge in [-0.15, -0.1) is 11.3 Å². The SMILES string of the molecule is CCc1cccc(CC)c1NC(=O)COC(=O)c1c(NC(C)=O)sc(C)c1C. The Morgan fingerprint density at radius 3 is 2.18 bits per heavy atom. The third kappa shape index (κ3) is 4.98. The second-order valence-corrected chi connectivity index (χ2v) is 7.68. The van der Waals surface area contributed by atoms with Crippen molar-refractivity contribution >= 4 is 39.8 Å². The van der Waals surface area contributed by atoms with Crippen LogP contribution in [0.2, 0.25) is 0 Å². The molecule has 28 heavy (non-hydrogen) atoms. The van der Waals surface area contributed by atoms with Gasteiger partial charge in [-0.25, -0.2) is 4.79 Å². The highest BCUT2D eigenvalue weighted by molar-refractivity contribution is 7.16. The predicted molar refractivity (Wildman–Crippen MR) is 112 cm³/mol. The van der Waals surface area contributed by atoms with Crippen molar-refractivity contribution in [3.05, 3.63) is 45.3 Å². The summed E-state index contributed by atoms with van der Waals surface area (Å²) in [7, 11) is 0. The fraction of sp³-hybridized carbons (Fsp3) is 0.381. The first-order chi connectivity index (χ1) is 13.3. The molecule has 0 unspecified atom stereocenters. The maximum absolute atomic E-state index is 12.5. The summed E-state index contributed by atoms with van der Waals surface area (Å²) < 4.78 is 5.23. The van der Waals surface area contributed by atoms with Crippen LogP contribution in [0.15, 0.2) is 18.2 Å². The van der Waals surface area contributed by atoms with Crippen molar-refractivity contribution in [1.82, 2.24) is 0 Å². The summed E-state index contributed by atoms with van der Waals surface area (Å²) in [5, 5.41) is 5.97. The van der Waals surface area contributed by atoms with Crippen LogP contribution in [-0.2, 0) is 27.2 Å². The first-order valence-electron chi connectivity index (χ1n) is 9.23. The van der Waals surface area contributed by atoms with E-state index in [0.717, 1.165) is 40.1 Å². The van der Waals surface area contributed by atoms with Crippen LogP contribution in [0.25, 0.3) is 0 Å². The number of anilines is 2. The number of ether oxygens (including phenoxy) is 1. The summed E-state index contributed by atoms with van der Waals surface area (Å²) in [6, 6.07) is 5.91. The third-order valence-corrected chi connectivity index (χ3v) is 5.60. The van der Waals surface area contributed by atoms with Crippen molar-refractivity contribution in [2.24, 2.45) is 0 Å². The maximum Gasteiger partial charge on any atom is 0.341 e. The normalized spacial score (nSPS) is 10.5. The monoisotopic (exact) mass is 402 g/mol. The molecule has 0 fully saturated rings. The lowest BCUT2D eigenvalue weighted by Crippen LogP contribution is -2.23. The highest BCUT2D eigenvalue weighted by atomic mass is 32.1. The highest BCUT2D eigenvalue weighted by Crippen LogP contribution is 2.33. The van der Waals surface area contributed by atoms with Gasteiger partial charge < -0.3 is 15.4 Å². The Balaban J connectivity index is 2.10. The molecule has 2 rings (SSSR count). The Bertz CT molecular complexity index is 880. The number of rotatable bonds is 7. The standard InChI is InChI=1S/C21H26N2O4S/c1-6-15-9-8-10-16(7-2)19(15)23-17(25)11-27-21(26)18-12(3)13(4)28-20(18)22-14(5)24/h8-10H,6-7,11H2,1-5H3,(H,22,24)(H,23,25). The van der Waals surface area contributed by atoms with E-state index in [4.69, 9.17) is 4.74 Å². The largest absolute Gasteiger partial charge is 0.452 e. The molecular formula is C21H26N2O4S. The van der Waals surface area contributed by atoms with Crippen LogP contribution >= 0.6 is 11.3 Å². The molecule has 0 atom stereocenters. The summed E-state index contributed by atoms with van der Waals surface area (Å²) in [4.78, 5) is 37.2. The van der Waals surface area contributed by atoms with Crippen LogP contribution in [0, 0.1) is 13.8 Å². The van der Waals surface area contributed by atoms with Crippen molar-refractivity contribution in [2.45, 2.75) is 47.5 Å². The fourth-order valence-corrected chi connectivity index (χ4v) is 4.00. The molecule has 2 amide bonds. The molecule has 150 valence electrons. The van der Waals surface area contributed by atoms with Crippen LogP contribution in [-0.4, -0.2) is 24.4 Å². The fourth-order valence-electron chi connectivity index (χ4n) is 2.90. The van der Waals surface area contributed by atoms with Crippen LogP contribution in [0.4, 0.5) is 10.7 Å². The van der Waals surface area contributed by atoms with Crippen molar-refractivity contribution in [1.29, 1.82) is 0 Å². The summed E-state index contributed by atoms with van der Waals surface area (Å²) in [6.45, 7) is 8.68. The van der Waals surface area contributed by atoms with Gasteiger partial charge in [0.05, 0.1) is 5.56 Å². The molecule has 2 N–H and O–H groups in total. The lowest BCUT2D eigenvalue weighted by molar-refractivity contribution is -0.119. The molecule has 0 saturated carbocycles. The number of hydrogen-bond donors (Lipinski definition) is 2. The van der Waals surface area contributed by atoms with E-state index in [2.05, 4.69) is 10.6 Å². The molecular weight excluding hydrogens is 376 g/mol. The lowest BCUT2D eigenvalue weighted by atomic mass is 10.0. The van der Waals surface area contributed by atoms with Gasteiger partial charge in [0, 0.05) is 17.5 Å². The van der Waals surface area contributed by atoms with Gasteiger partial charge in [0.1, 0.15) is 5.00 Å². The van der Waals surface area contributed by atoms with Gasteiger partial charge in [-0.2, -0.15) is 0 Å². The van der Waals surface area contributed by atoms with Crippen molar-refractivity contribution < 1.29 is 19.1 Å². The zero-order valence-corrected chi connectivity index (χ0v) is 17.7. The molecule has 0 spiro atoms. The van der Waals surface area contributed by atoms with Gasteiger partial charge in [0.2, 0.25) is 5.91 Å². The van der Waals surface area contributed by atoms with E-state index in [1.165, 1.54) is 18.3 Å². The number of aryl methyl sites for hydroxylation is 3. The van der Waals surface area contributed by atoms with Crippen molar-refractivity contribution in [3.8, 4) is 0 Å². The van der Waals surface area contributed by atoms with Gasteiger partial charge in [0.15, 0.2) is 6.61 Å².